The van der Waals surface area contributed by atoms with E-state index in [1.54, 1.807) is 0 Å². The molecular weight excluding hydrogens is 226 g/mol. The van der Waals surface area contributed by atoms with E-state index >= 15 is 0 Å². The zero-order valence-corrected chi connectivity index (χ0v) is 11.5. The van der Waals surface area contributed by atoms with E-state index in [0.29, 0.717) is 0 Å². The molecule has 1 N–H and O–H groups in total. The van der Waals surface area contributed by atoms with Gasteiger partial charge in [0.15, 0.2) is 0 Å². The van der Waals surface area contributed by atoms with Gasteiger partial charge in [-0.25, -0.2) is 4.98 Å². The van der Waals surface area contributed by atoms with Crippen molar-refractivity contribution in [1.82, 2.24) is 14.5 Å². The van der Waals surface area contributed by atoms with Crippen LogP contribution in [0.4, 0.5) is 0 Å². The molecule has 4 heteroatoms. The highest BCUT2D eigenvalue weighted by Gasteiger charge is 2.15. The lowest BCUT2D eigenvalue weighted by Gasteiger charge is -2.24. The van der Waals surface area contributed by atoms with Gasteiger partial charge in [0.2, 0.25) is 0 Å². The second kappa shape index (κ2) is 5.08. The first-order valence-electron chi connectivity index (χ1n) is 6.25. The van der Waals surface area contributed by atoms with Gasteiger partial charge in [-0.15, -0.1) is 0 Å². The van der Waals surface area contributed by atoms with E-state index in [0.717, 1.165) is 23.3 Å². The van der Waals surface area contributed by atoms with Crippen molar-refractivity contribution in [3.63, 3.8) is 0 Å². The van der Waals surface area contributed by atoms with Gasteiger partial charge in [-0.05, 0) is 45.1 Å². The van der Waals surface area contributed by atoms with Gasteiger partial charge in [0.05, 0.1) is 11.0 Å². The molecule has 98 valence electrons. The molecule has 18 heavy (non-hydrogen) atoms. The minimum Gasteiger partial charge on any atom is -0.396 e. The largest absolute Gasteiger partial charge is 0.396 e. The number of rotatable bonds is 4. The molecule has 0 aliphatic carbocycles. The fourth-order valence-electron chi connectivity index (χ4n) is 2.39. The van der Waals surface area contributed by atoms with Crippen LogP contribution in [0.15, 0.2) is 18.2 Å². The molecule has 0 amide bonds. The molecule has 2 rings (SSSR count). The average Bonchev–Trinajstić information content (AvgIpc) is 2.61. The highest BCUT2D eigenvalue weighted by molar-refractivity contribution is 5.76. The number of nitrogens with zero attached hydrogens (tertiary/aromatic N) is 3. The van der Waals surface area contributed by atoms with Crippen molar-refractivity contribution in [3.05, 3.63) is 29.6 Å². The lowest BCUT2D eigenvalue weighted by molar-refractivity contribution is 0.211. The molecular formula is C14H21N3O. The van der Waals surface area contributed by atoms with Crippen molar-refractivity contribution in [1.29, 1.82) is 0 Å². The van der Waals surface area contributed by atoms with Crippen molar-refractivity contribution < 1.29 is 5.11 Å². The number of imidazole rings is 1. The first kappa shape index (κ1) is 13.1. The van der Waals surface area contributed by atoms with Gasteiger partial charge in [0.25, 0.3) is 0 Å². The summed E-state index contributed by atoms with van der Waals surface area (Å²) in [6, 6.07) is 6.60. The van der Waals surface area contributed by atoms with Crippen LogP contribution in [0, 0.1) is 6.92 Å². The smallest absolute Gasteiger partial charge is 0.106 e. The molecule has 1 atom stereocenters. The lowest BCUT2D eigenvalue weighted by atomic mass is 10.0. The summed E-state index contributed by atoms with van der Waals surface area (Å²) >= 11 is 0. The molecule has 0 fully saturated rings. The summed E-state index contributed by atoms with van der Waals surface area (Å²) in [7, 11) is 6.10. The number of hydrogen-bond donors (Lipinski definition) is 1. The van der Waals surface area contributed by atoms with Gasteiger partial charge in [-0.1, -0.05) is 6.07 Å². The van der Waals surface area contributed by atoms with Crippen LogP contribution in [0.1, 0.15) is 23.9 Å². The van der Waals surface area contributed by atoms with E-state index in [2.05, 4.69) is 32.7 Å². The van der Waals surface area contributed by atoms with Gasteiger partial charge in [-0.2, -0.15) is 0 Å². The summed E-state index contributed by atoms with van der Waals surface area (Å²) in [4.78, 5) is 6.69. The fourth-order valence-corrected chi connectivity index (χ4v) is 2.39. The summed E-state index contributed by atoms with van der Waals surface area (Å²) in [5.41, 5.74) is 3.38. The maximum absolute atomic E-state index is 9.16. The van der Waals surface area contributed by atoms with Crippen LogP contribution in [0.3, 0.4) is 0 Å². The molecule has 0 bridgehead atoms. The van der Waals surface area contributed by atoms with Crippen LogP contribution >= 0.6 is 0 Å². The number of aryl methyl sites for hydroxylation is 2. The topological polar surface area (TPSA) is 41.3 Å². The zero-order chi connectivity index (χ0) is 13.3. The molecule has 0 saturated heterocycles. The Bertz CT molecular complexity index is 545. The third-order valence-electron chi connectivity index (χ3n) is 3.54. The standard InChI is InChI=1S/C14H21N3O/c1-10-15-12-9-11(5-6-14(12)17(10)4)13(7-8-18)16(2)3/h5-6,9,13,18H,7-8H2,1-4H3. The lowest BCUT2D eigenvalue weighted by Crippen LogP contribution is -2.21. The number of hydrogen-bond acceptors (Lipinski definition) is 3. The normalized spacial score (nSPS) is 13.4. The molecule has 0 aliphatic heterocycles. The molecule has 0 radical (unpaired) electrons. The maximum atomic E-state index is 9.16. The van der Waals surface area contributed by atoms with Crippen molar-refractivity contribution in [2.75, 3.05) is 20.7 Å². The second-order valence-electron chi connectivity index (χ2n) is 4.96. The van der Waals surface area contributed by atoms with E-state index in [4.69, 9.17) is 5.11 Å². The summed E-state index contributed by atoms with van der Waals surface area (Å²) in [6.45, 7) is 2.21. The van der Waals surface area contributed by atoms with Crippen LogP contribution in [-0.4, -0.2) is 40.3 Å². The molecule has 0 aliphatic rings. The number of fused-ring (bicyclic) bond motifs is 1. The minimum atomic E-state index is 0.197. The molecule has 1 unspecified atom stereocenters. The Morgan fingerprint density at radius 2 is 2.11 bits per heavy atom. The van der Waals surface area contributed by atoms with Gasteiger partial charge < -0.3 is 14.6 Å². The quantitative estimate of drug-likeness (QED) is 0.896. The molecule has 0 spiro atoms. The van der Waals surface area contributed by atoms with E-state index in [1.807, 2.05) is 28.1 Å². The van der Waals surface area contributed by atoms with Crippen molar-refractivity contribution >= 4 is 11.0 Å². The van der Waals surface area contributed by atoms with Gasteiger partial charge in [-0.3, -0.25) is 0 Å². The van der Waals surface area contributed by atoms with Gasteiger partial charge in [0.1, 0.15) is 5.82 Å². The third kappa shape index (κ3) is 2.26. The highest BCUT2D eigenvalue weighted by atomic mass is 16.3. The predicted molar refractivity (Wildman–Crippen MR) is 73.6 cm³/mol. The molecule has 1 heterocycles. The Morgan fingerprint density at radius 3 is 2.72 bits per heavy atom. The molecule has 0 saturated carbocycles. The summed E-state index contributed by atoms with van der Waals surface area (Å²) in [5.74, 6) is 1.02. The Balaban J connectivity index is 2.45. The molecule has 4 nitrogen and oxygen atoms in total. The van der Waals surface area contributed by atoms with Crippen molar-refractivity contribution in [3.8, 4) is 0 Å². The fraction of sp³-hybridized carbons (Fsp3) is 0.500. The monoisotopic (exact) mass is 247 g/mol. The second-order valence-corrected chi connectivity index (χ2v) is 4.96. The summed E-state index contributed by atoms with van der Waals surface area (Å²) < 4.78 is 2.09. The van der Waals surface area contributed by atoms with Crippen molar-refractivity contribution in [2.24, 2.45) is 7.05 Å². The van der Waals surface area contributed by atoms with Crippen molar-refractivity contribution in [2.45, 2.75) is 19.4 Å². The SMILES string of the molecule is Cc1nc2cc(C(CCO)N(C)C)ccc2n1C. The van der Waals surface area contributed by atoms with Crippen LogP contribution in [-0.2, 0) is 7.05 Å². The van der Waals surface area contributed by atoms with E-state index < -0.39 is 0 Å². The number of benzene rings is 1. The Morgan fingerprint density at radius 1 is 1.39 bits per heavy atom. The van der Waals surface area contributed by atoms with Crippen LogP contribution < -0.4 is 0 Å². The summed E-state index contributed by atoms with van der Waals surface area (Å²) in [5, 5.41) is 9.16. The predicted octanol–water partition coefficient (Wildman–Crippen LogP) is 1.87. The van der Waals surface area contributed by atoms with E-state index in [1.165, 1.54) is 5.56 Å². The highest BCUT2D eigenvalue weighted by Crippen LogP contribution is 2.25. The van der Waals surface area contributed by atoms with Crippen LogP contribution in [0.5, 0.6) is 0 Å². The van der Waals surface area contributed by atoms with Crippen LogP contribution in [0.25, 0.3) is 11.0 Å². The first-order chi connectivity index (χ1) is 8.54. The number of aromatic nitrogens is 2. The van der Waals surface area contributed by atoms with Gasteiger partial charge >= 0.3 is 0 Å². The average molecular weight is 247 g/mol. The molecule has 1 aromatic carbocycles. The number of aliphatic hydroxyl groups excluding tert-OH is 1. The van der Waals surface area contributed by atoms with Crippen LogP contribution in [0.2, 0.25) is 0 Å². The minimum absolute atomic E-state index is 0.197. The van der Waals surface area contributed by atoms with E-state index in [9.17, 15) is 0 Å². The Labute approximate surface area is 108 Å². The van der Waals surface area contributed by atoms with Gasteiger partial charge in [0, 0.05) is 19.7 Å². The Kier molecular flexibility index (Phi) is 3.68. The maximum Gasteiger partial charge on any atom is 0.106 e. The molecule has 1 aromatic heterocycles. The third-order valence-corrected chi connectivity index (χ3v) is 3.54. The first-order valence-corrected chi connectivity index (χ1v) is 6.25. The number of aliphatic hydroxyl groups is 1. The Hall–Kier alpha value is -1.39. The van der Waals surface area contributed by atoms with E-state index in [-0.39, 0.29) is 12.6 Å². The zero-order valence-electron chi connectivity index (χ0n) is 11.5. The molecule has 2 aromatic rings. The summed E-state index contributed by atoms with van der Waals surface area (Å²) in [6.07, 6.45) is 0.740.